The van der Waals surface area contributed by atoms with Crippen molar-refractivity contribution in [1.82, 2.24) is 14.5 Å². The minimum atomic E-state index is 0.631. The summed E-state index contributed by atoms with van der Waals surface area (Å²) in [7, 11) is 2.10. The number of furan rings is 1. The van der Waals surface area contributed by atoms with Gasteiger partial charge in [0.25, 0.3) is 0 Å². The summed E-state index contributed by atoms with van der Waals surface area (Å²) in [5, 5.41) is 0. The second-order valence-corrected chi connectivity index (χ2v) is 5.62. The van der Waals surface area contributed by atoms with Crippen LogP contribution in [-0.4, -0.2) is 21.5 Å². The molecular formula is C15H23N3O. The highest BCUT2D eigenvalue weighted by atomic mass is 16.3. The smallest absolute Gasteiger partial charge is 0.118 e. The summed E-state index contributed by atoms with van der Waals surface area (Å²) in [6, 6.07) is 4.05. The van der Waals surface area contributed by atoms with Gasteiger partial charge in [-0.2, -0.15) is 0 Å². The van der Waals surface area contributed by atoms with Crippen LogP contribution in [0, 0.1) is 12.8 Å². The molecule has 2 aromatic heterocycles. The largest absolute Gasteiger partial charge is 0.465 e. The number of aromatic nitrogens is 2. The van der Waals surface area contributed by atoms with Crippen molar-refractivity contribution in [3.05, 3.63) is 41.9 Å². The fraction of sp³-hybridized carbons (Fsp3) is 0.533. The van der Waals surface area contributed by atoms with Gasteiger partial charge in [0, 0.05) is 19.3 Å². The molecule has 0 saturated heterocycles. The van der Waals surface area contributed by atoms with Crippen molar-refractivity contribution in [3.8, 4) is 0 Å². The maximum Gasteiger partial charge on any atom is 0.118 e. The molecule has 2 rings (SSSR count). The van der Waals surface area contributed by atoms with Crippen LogP contribution in [0.3, 0.4) is 0 Å². The topological polar surface area (TPSA) is 34.2 Å². The van der Waals surface area contributed by atoms with Crippen molar-refractivity contribution in [2.45, 2.75) is 40.4 Å². The van der Waals surface area contributed by atoms with Gasteiger partial charge in [-0.3, -0.25) is 4.90 Å². The number of hydrogen-bond donors (Lipinski definition) is 0. The van der Waals surface area contributed by atoms with Crippen molar-refractivity contribution in [3.63, 3.8) is 0 Å². The zero-order valence-corrected chi connectivity index (χ0v) is 12.3. The van der Waals surface area contributed by atoms with Gasteiger partial charge >= 0.3 is 0 Å². The standard InChI is InChI=1S/C15H23N3O/c1-12(2)8-18-11-16-7-14(18)9-17(4)10-15-6-5-13(3)19-15/h5-7,11-12H,8-10H2,1-4H3. The highest BCUT2D eigenvalue weighted by Gasteiger charge is 2.09. The third-order valence-electron chi connectivity index (χ3n) is 3.01. The molecule has 0 amide bonds. The van der Waals surface area contributed by atoms with E-state index in [1.165, 1.54) is 5.69 Å². The minimum absolute atomic E-state index is 0.631. The number of nitrogens with zero attached hydrogens (tertiary/aromatic N) is 3. The Balaban J connectivity index is 1.95. The third kappa shape index (κ3) is 3.96. The zero-order valence-electron chi connectivity index (χ0n) is 12.3. The summed E-state index contributed by atoms with van der Waals surface area (Å²) in [6.45, 7) is 9.13. The van der Waals surface area contributed by atoms with Gasteiger partial charge in [-0.1, -0.05) is 13.8 Å². The van der Waals surface area contributed by atoms with Gasteiger partial charge in [0.1, 0.15) is 11.5 Å². The van der Waals surface area contributed by atoms with Crippen molar-refractivity contribution < 1.29 is 4.42 Å². The normalized spacial score (nSPS) is 11.7. The number of imidazole rings is 1. The average molecular weight is 261 g/mol. The molecule has 0 atom stereocenters. The molecule has 0 unspecified atom stereocenters. The van der Waals surface area contributed by atoms with Crippen molar-refractivity contribution >= 4 is 0 Å². The molecule has 4 nitrogen and oxygen atoms in total. The summed E-state index contributed by atoms with van der Waals surface area (Å²) in [5.74, 6) is 2.61. The summed E-state index contributed by atoms with van der Waals surface area (Å²) in [6.07, 6.45) is 3.87. The van der Waals surface area contributed by atoms with E-state index in [0.29, 0.717) is 5.92 Å². The van der Waals surface area contributed by atoms with Gasteiger partial charge in [0.15, 0.2) is 0 Å². The Morgan fingerprint density at radius 3 is 2.74 bits per heavy atom. The summed E-state index contributed by atoms with van der Waals surface area (Å²) >= 11 is 0. The summed E-state index contributed by atoms with van der Waals surface area (Å²) in [4.78, 5) is 6.49. The Morgan fingerprint density at radius 1 is 1.32 bits per heavy atom. The molecule has 0 fully saturated rings. The van der Waals surface area contributed by atoms with Gasteiger partial charge in [-0.15, -0.1) is 0 Å². The van der Waals surface area contributed by atoms with Crippen molar-refractivity contribution in [1.29, 1.82) is 0 Å². The van der Waals surface area contributed by atoms with E-state index in [1.54, 1.807) is 0 Å². The van der Waals surface area contributed by atoms with E-state index in [9.17, 15) is 0 Å². The molecule has 0 spiro atoms. The first-order chi connectivity index (χ1) is 9.04. The highest BCUT2D eigenvalue weighted by molar-refractivity contribution is 5.06. The Hall–Kier alpha value is -1.55. The minimum Gasteiger partial charge on any atom is -0.465 e. The van der Waals surface area contributed by atoms with Crippen molar-refractivity contribution in [2.75, 3.05) is 7.05 Å². The van der Waals surface area contributed by atoms with Gasteiger partial charge in [0.2, 0.25) is 0 Å². The maximum absolute atomic E-state index is 5.60. The predicted octanol–water partition coefficient (Wildman–Crippen LogP) is 3.07. The van der Waals surface area contributed by atoms with Crippen LogP contribution in [-0.2, 0) is 19.6 Å². The van der Waals surface area contributed by atoms with Crippen LogP contribution in [0.25, 0.3) is 0 Å². The van der Waals surface area contributed by atoms with Crippen LogP contribution in [0.5, 0.6) is 0 Å². The highest BCUT2D eigenvalue weighted by Crippen LogP contribution is 2.12. The second kappa shape index (κ2) is 6.06. The van der Waals surface area contributed by atoms with Gasteiger partial charge in [-0.25, -0.2) is 4.98 Å². The molecule has 2 heterocycles. The number of aryl methyl sites for hydroxylation is 1. The summed E-state index contributed by atoms with van der Waals surface area (Å²) in [5.41, 5.74) is 1.25. The van der Waals surface area contributed by atoms with E-state index in [-0.39, 0.29) is 0 Å². The quantitative estimate of drug-likeness (QED) is 0.801. The molecule has 104 valence electrons. The molecule has 4 heteroatoms. The van der Waals surface area contributed by atoms with Crippen LogP contribution < -0.4 is 0 Å². The molecule has 0 saturated carbocycles. The molecular weight excluding hydrogens is 238 g/mol. The third-order valence-corrected chi connectivity index (χ3v) is 3.01. The number of rotatable bonds is 6. The second-order valence-electron chi connectivity index (χ2n) is 5.62. The lowest BCUT2D eigenvalue weighted by molar-refractivity contribution is 0.277. The van der Waals surface area contributed by atoms with Crippen LogP contribution in [0.15, 0.2) is 29.1 Å². The molecule has 19 heavy (non-hydrogen) atoms. The zero-order chi connectivity index (χ0) is 13.8. The molecule has 2 aromatic rings. The molecule has 0 aliphatic rings. The Bertz CT molecular complexity index is 513. The van der Waals surface area contributed by atoms with Crippen LogP contribution in [0.4, 0.5) is 0 Å². The number of hydrogen-bond acceptors (Lipinski definition) is 3. The first-order valence-corrected chi connectivity index (χ1v) is 6.77. The SMILES string of the molecule is Cc1ccc(CN(C)Cc2cncn2CC(C)C)o1. The lowest BCUT2D eigenvalue weighted by Gasteiger charge is -2.17. The maximum atomic E-state index is 5.60. The Morgan fingerprint density at radius 2 is 2.11 bits per heavy atom. The molecule has 0 aliphatic carbocycles. The van der Waals surface area contributed by atoms with E-state index >= 15 is 0 Å². The molecule has 0 N–H and O–H groups in total. The molecule has 0 bridgehead atoms. The van der Waals surface area contributed by atoms with Gasteiger partial charge in [-0.05, 0) is 32.0 Å². The predicted molar refractivity (Wildman–Crippen MR) is 75.7 cm³/mol. The van der Waals surface area contributed by atoms with E-state index in [2.05, 4.69) is 35.3 Å². The fourth-order valence-electron chi connectivity index (χ4n) is 2.21. The first-order valence-electron chi connectivity index (χ1n) is 6.77. The average Bonchev–Trinajstić information content (AvgIpc) is 2.88. The Labute approximate surface area is 115 Å². The van der Waals surface area contributed by atoms with Crippen LogP contribution in [0.2, 0.25) is 0 Å². The van der Waals surface area contributed by atoms with E-state index in [0.717, 1.165) is 31.2 Å². The van der Waals surface area contributed by atoms with Gasteiger partial charge < -0.3 is 8.98 Å². The first kappa shape index (κ1) is 13.9. The van der Waals surface area contributed by atoms with E-state index in [4.69, 9.17) is 4.42 Å². The lowest BCUT2D eigenvalue weighted by Crippen LogP contribution is -2.19. The van der Waals surface area contributed by atoms with E-state index < -0.39 is 0 Å². The molecule has 0 radical (unpaired) electrons. The van der Waals surface area contributed by atoms with Crippen LogP contribution in [0.1, 0.15) is 31.1 Å². The summed E-state index contributed by atoms with van der Waals surface area (Å²) < 4.78 is 7.83. The van der Waals surface area contributed by atoms with Gasteiger partial charge in [0.05, 0.1) is 18.6 Å². The lowest BCUT2D eigenvalue weighted by atomic mass is 10.2. The monoisotopic (exact) mass is 261 g/mol. The Kier molecular flexibility index (Phi) is 4.43. The fourth-order valence-corrected chi connectivity index (χ4v) is 2.21. The molecule has 0 aromatic carbocycles. The van der Waals surface area contributed by atoms with E-state index in [1.807, 2.05) is 31.6 Å². The van der Waals surface area contributed by atoms with Crippen molar-refractivity contribution in [2.24, 2.45) is 5.92 Å². The molecule has 0 aliphatic heterocycles. The van der Waals surface area contributed by atoms with Crippen LogP contribution >= 0.6 is 0 Å².